The maximum absolute atomic E-state index is 12.8. The highest BCUT2D eigenvalue weighted by Crippen LogP contribution is 2.15. The minimum atomic E-state index is -0.744. The number of hydrogen-bond donors (Lipinski definition) is 2. The van der Waals surface area contributed by atoms with E-state index in [1.165, 1.54) is 0 Å². The summed E-state index contributed by atoms with van der Waals surface area (Å²) in [6.07, 6.45) is -0.240. The lowest BCUT2D eigenvalue weighted by atomic mass is 10.0. The molecule has 2 N–H and O–H groups in total. The van der Waals surface area contributed by atoms with Gasteiger partial charge in [0, 0.05) is 12.1 Å². The monoisotopic (exact) mass is 354 g/mol. The number of rotatable bonds is 5. The van der Waals surface area contributed by atoms with E-state index in [-0.39, 0.29) is 5.91 Å². The molecule has 5 heteroatoms. The van der Waals surface area contributed by atoms with E-state index in [4.69, 9.17) is 4.74 Å². The van der Waals surface area contributed by atoms with Gasteiger partial charge in [-0.2, -0.15) is 0 Å². The molecule has 0 saturated heterocycles. The molecule has 26 heavy (non-hydrogen) atoms. The number of ether oxygens (including phenoxy) is 1. The second-order valence-corrected chi connectivity index (χ2v) is 7.19. The molecule has 0 aromatic heterocycles. The zero-order valence-electron chi connectivity index (χ0n) is 15.7. The van der Waals surface area contributed by atoms with Crippen LogP contribution in [0.15, 0.2) is 54.6 Å². The Morgan fingerprint density at radius 2 is 1.62 bits per heavy atom. The molecule has 0 aliphatic rings. The van der Waals surface area contributed by atoms with Crippen LogP contribution in [0.3, 0.4) is 0 Å². The van der Waals surface area contributed by atoms with Crippen molar-refractivity contribution in [1.29, 1.82) is 0 Å². The minimum absolute atomic E-state index is 0.283. The van der Waals surface area contributed by atoms with Crippen LogP contribution in [0.5, 0.6) is 0 Å². The maximum atomic E-state index is 12.8. The molecule has 0 radical (unpaired) electrons. The van der Waals surface area contributed by atoms with Crippen molar-refractivity contribution in [2.75, 3.05) is 5.32 Å². The third kappa shape index (κ3) is 6.24. The highest BCUT2D eigenvalue weighted by atomic mass is 16.6. The van der Waals surface area contributed by atoms with Crippen molar-refractivity contribution < 1.29 is 14.3 Å². The Morgan fingerprint density at radius 3 is 2.23 bits per heavy atom. The fourth-order valence-electron chi connectivity index (χ4n) is 2.44. The number of anilines is 1. The first-order valence-electron chi connectivity index (χ1n) is 8.64. The van der Waals surface area contributed by atoms with E-state index in [1.54, 1.807) is 20.8 Å². The van der Waals surface area contributed by atoms with Gasteiger partial charge in [-0.1, -0.05) is 48.5 Å². The summed E-state index contributed by atoms with van der Waals surface area (Å²) in [7, 11) is 0. The number of carbonyl (C=O) groups is 2. The van der Waals surface area contributed by atoms with Crippen LogP contribution in [0.25, 0.3) is 0 Å². The Balaban J connectivity index is 2.14. The highest BCUT2D eigenvalue weighted by molar-refractivity contribution is 5.97. The maximum Gasteiger partial charge on any atom is 0.408 e. The summed E-state index contributed by atoms with van der Waals surface area (Å²) in [5, 5.41) is 5.58. The zero-order chi connectivity index (χ0) is 19.2. The SMILES string of the molecule is Cc1ccccc1NC(=O)C(Cc1ccccc1)NC(=O)OC(C)(C)C. The third-order valence-electron chi connectivity index (χ3n) is 3.69. The summed E-state index contributed by atoms with van der Waals surface area (Å²) in [6.45, 7) is 7.27. The molecule has 1 atom stereocenters. The van der Waals surface area contributed by atoms with Crippen LogP contribution in [0.1, 0.15) is 31.9 Å². The fraction of sp³-hybridized carbons (Fsp3) is 0.333. The number of aryl methyl sites for hydroxylation is 1. The van der Waals surface area contributed by atoms with Crippen LogP contribution in [-0.2, 0) is 16.0 Å². The number of nitrogens with one attached hydrogen (secondary N) is 2. The number of carbonyl (C=O) groups excluding carboxylic acids is 2. The standard InChI is InChI=1S/C21H26N2O3/c1-15-10-8-9-13-17(15)22-19(24)18(14-16-11-6-5-7-12-16)23-20(25)26-21(2,3)4/h5-13,18H,14H2,1-4H3,(H,22,24)(H,23,25). The molecule has 0 spiro atoms. The lowest BCUT2D eigenvalue weighted by Crippen LogP contribution is -2.47. The van der Waals surface area contributed by atoms with Gasteiger partial charge in [0.2, 0.25) is 5.91 Å². The van der Waals surface area contributed by atoms with E-state index in [1.807, 2.05) is 61.5 Å². The van der Waals surface area contributed by atoms with Gasteiger partial charge in [0.15, 0.2) is 0 Å². The van der Waals surface area contributed by atoms with Crippen molar-refractivity contribution >= 4 is 17.7 Å². The Kier molecular flexibility index (Phi) is 6.39. The molecule has 0 aliphatic carbocycles. The van der Waals surface area contributed by atoms with Crippen LogP contribution < -0.4 is 10.6 Å². The largest absolute Gasteiger partial charge is 0.444 e. The molecule has 138 valence electrons. The normalized spacial score (nSPS) is 12.2. The summed E-state index contributed by atoms with van der Waals surface area (Å²) in [5.74, 6) is -0.283. The minimum Gasteiger partial charge on any atom is -0.444 e. The van der Waals surface area contributed by atoms with Gasteiger partial charge in [-0.3, -0.25) is 4.79 Å². The molecule has 5 nitrogen and oxygen atoms in total. The van der Waals surface area contributed by atoms with Crippen molar-refractivity contribution in [3.05, 3.63) is 65.7 Å². The Labute approximate surface area is 154 Å². The summed E-state index contributed by atoms with van der Waals surface area (Å²) in [5.41, 5.74) is 2.00. The molecule has 0 bridgehead atoms. The molecule has 2 aromatic rings. The number of amides is 2. The lowest BCUT2D eigenvalue weighted by Gasteiger charge is -2.23. The first-order chi connectivity index (χ1) is 12.2. The summed E-state index contributed by atoms with van der Waals surface area (Å²) < 4.78 is 5.30. The predicted octanol–water partition coefficient (Wildman–Crippen LogP) is 4.07. The molecule has 2 aromatic carbocycles. The molecule has 0 heterocycles. The van der Waals surface area contributed by atoms with Crippen molar-refractivity contribution in [3.8, 4) is 0 Å². The smallest absolute Gasteiger partial charge is 0.408 e. The van der Waals surface area contributed by atoms with Crippen molar-refractivity contribution in [1.82, 2.24) is 5.32 Å². The summed E-state index contributed by atoms with van der Waals surface area (Å²) in [6, 6.07) is 16.3. The van der Waals surface area contributed by atoms with Gasteiger partial charge in [0.1, 0.15) is 11.6 Å². The van der Waals surface area contributed by atoms with E-state index in [2.05, 4.69) is 10.6 Å². The lowest BCUT2D eigenvalue weighted by molar-refractivity contribution is -0.118. The van der Waals surface area contributed by atoms with Gasteiger partial charge in [-0.15, -0.1) is 0 Å². The van der Waals surface area contributed by atoms with E-state index < -0.39 is 17.7 Å². The van der Waals surface area contributed by atoms with E-state index in [0.29, 0.717) is 6.42 Å². The topological polar surface area (TPSA) is 67.4 Å². The van der Waals surface area contributed by atoms with Gasteiger partial charge in [0.05, 0.1) is 0 Å². The second kappa shape index (κ2) is 8.52. The van der Waals surface area contributed by atoms with Crippen molar-refractivity contribution in [3.63, 3.8) is 0 Å². The average Bonchev–Trinajstić information content (AvgIpc) is 2.55. The Morgan fingerprint density at radius 1 is 1.00 bits per heavy atom. The highest BCUT2D eigenvalue weighted by Gasteiger charge is 2.25. The van der Waals surface area contributed by atoms with Crippen LogP contribution >= 0.6 is 0 Å². The number of alkyl carbamates (subject to hydrolysis) is 1. The van der Waals surface area contributed by atoms with Crippen LogP contribution in [0.4, 0.5) is 10.5 Å². The van der Waals surface area contributed by atoms with Gasteiger partial charge in [-0.05, 0) is 44.9 Å². The van der Waals surface area contributed by atoms with Gasteiger partial charge < -0.3 is 15.4 Å². The average molecular weight is 354 g/mol. The first kappa shape index (κ1) is 19.5. The van der Waals surface area contributed by atoms with Gasteiger partial charge in [-0.25, -0.2) is 4.79 Å². The second-order valence-electron chi connectivity index (χ2n) is 7.19. The number of benzene rings is 2. The van der Waals surface area contributed by atoms with Crippen molar-refractivity contribution in [2.45, 2.75) is 45.8 Å². The molecule has 0 aliphatic heterocycles. The molecular weight excluding hydrogens is 328 g/mol. The van der Waals surface area contributed by atoms with Gasteiger partial charge >= 0.3 is 6.09 Å². The quantitative estimate of drug-likeness (QED) is 0.850. The summed E-state index contributed by atoms with van der Waals surface area (Å²) >= 11 is 0. The van der Waals surface area contributed by atoms with Crippen molar-refractivity contribution in [2.24, 2.45) is 0 Å². The molecule has 2 amide bonds. The van der Waals surface area contributed by atoms with Crippen LogP contribution in [0.2, 0.25) is 0 Å². The number of para-hydroxylation sites is 1. The molecule has 2 rings (SSSR count). The Bertz CT molecular complexity index is 751. The van der Waals surface area contributed by atoms with E-state index in [9.17, 15) is 9.59 Å². The third-order valence-corrected chi connectivity index (χ3v) is 3.69. The zero-order valence-corrected chi connectivity index (χ0v) is 15.7. The van der Waals surface area contributed by atoms with Crippen LogP contribution in [-0.4, -0.2) is 23.6 Å². The molecule has 0 saturated carbocycles. The molecule has 0 fully saturated rings. The number of hydrogen-bond acceptors (Lipinski definition) is 3. The van der Waals surface area contributed by atoms with Gasteiger partial charge in [0.25, 0.3) is 0 Å². The predicted molar refractivity (Wildman–Crippen MR) is 103 cm³/mol. The summed E-state index contributed by atoms with van der Waals surface area (Å²) in [4.78, 5) is 25.0. The fourth-order valence-corrected chi connectivity index (χ4v) is 2.44. The molecule has 1 unspecified atom stereocenters. The first-order valence-corrected chi connectivity index (χ1v) is 8.64. The van der Waals surface area contributed by atoms with Crippen LogP contribution in [0, 0.1) is 6.92 Å². The van der Waals surface area contributed by atoms with E-state index >= 15 is 0 Å². The van der Waals surface area contributed by atoms with E-state index in [0.717, 1.165) is 16.8 Å². The Hall–Kier alpha value is -2.82. The molecular formula is C21H26N2O3.